The van der Waals surface area contributed by atoms with Crippen molar-refractivity contribution in [3.05, 3.63) is 74.3 Å². The zero-order chi connectivity index (χ0) is 14.1. The van der Waals surface area contributed by atoms with Crippen LogP contribution in [0.2, 0.25) is 0 Å². The Hall–Kier alpha value is -1.76. The monoisotopic (exact) mass is 234 g/mol. The van der Waals surface area contributed by atoms with E-state index in [1.165, 1.54) is 0 Å². The van der Waals surface area contributed by atoms with Crippen LogP contribution in [0, 0.1) is 0 Å². The van der Waals surface area contributed by atoms with Crippen molar-refractivity contribution in [2.24, 2.45) is 0 Å². The second-order valence-electron chi connectivity index (χ2n) is 2.22. The first-order valence-electron chi connectivity index (χ1n) is 5.84. The highest BCUT2D eigenvalue weighted by atomic mass is 16.5. The molecule has 0 aromatic carbocycles. The van der Waals surface area contributed by atoms with Gasteiger partial charge >= 0.3 is 0 Å². The summed E-state index contributed by atoms with van der Waals surface area (Å²) in [6.07, 6.45) is 10.2. The average molecular weight is 234 g/mol. The second kappa shape index (κ2) is 19.8. The first-order chi connectivity index (χ1) is 8.20. The van der Waals surface area contributed by atoms with E-state index < -0.39 is 0 Å². The van der Waals surface area contributed by atoms with E-state index in [4.69, 9.17) is 4.74 Å². The maximum atomic E-state index is 5.20. The molecule has 0 N–H and O–H groups in total. The molecule has 0 fully saturated rings. The fraction of sp³-hybridized carbons (Fsp3) is 0.250. The molecule has 0 aromatic heterocycles. The van der Waals surface area contributed by atoms with Crippen molar-refractivity contribution in [3.8, 4) is 0 Å². The Morgan fingerprint density at radius 3 is 1.29 bits per heavy atom. The van der Waals surface area contributed by atoms with Gasteiger partial charge in [0.15, 0.2) is 0 Å². The SMILES string of the molecule is C=C/C=C\C(=C)OC(=C)/C=C\C=C.CC.CC. The van der Waals surface area contributed by atoms with Gasteiger partial charge < -0.3 is 4.74 Å². The fourth-order valence-corrected chi connectivity index (χ4v) is 0.587. The molecule has 1 nitrogen and oxygen atoms in total. The van der Waals surface area contributed by atoms with E-state index in [9.17, 15) is 0 Å². The van der Waals surface area contributed by atoms with Crippen LogP contribution < -0.4 is 0 Å². The molecule has 96 valence electrons. The van der Waals surface area contributed by atoms with Crippen LogP contribution in [0.1, 0.15) is 27.7 Å². The number of allylic oxidation sites excluding steroid dienone is 6. The molecule has 0 rings (SSSR count). The predicted molar refractivity (Wildman–Crippen MR) is 80.7 cm³/mol. The summed E-state index contributed by atoms with van der Waals surface area (Å²) in [6.45, 7) is 22.4. The van der Waals surface area contributed by atoms with E-state index in [-0.39, 0.29) is 0 Å². The van der Waals surface area contributed by atoms with Crippen molar-refractivity contribution in [2.75, 3.05) is 0 Å². The summed E-state index contributed by atoms with van der Waals surface area (Å²) in [4.78, 5) is 0. The molecule has 0 spiro atoms. The summed E-state index contributed by atoms with van der Waals surface area (Å²) >= 11 is 0. The van der Waals surface area contributed by atoms with Crippen LogP contribution >= 0.6 is 0 Å². The van der Waals surface area contributed by atoms with E-state index >= 15 is 0 Å². The summed E-state index contributed by atoms with van der Waals surface area (Å²) in [5.41, 5.74) is 0. The highest BCUT2D eigenvalue weighted by Gasteiger charge is 1.89. The van der Waals surface area contributed by atoms with Gasteiger partial charge in [-0.3, -0.25) is 0 Å². The number of hydrogen-bond acceptors (Lipinski definition) is 1. The molecule has 0 unspecified atom stereocenters. The number of rotatable bonds is 6. The van der Waals surface area contributed by atoms with Crippen LogP contribution in [0.3, 0.4) is 0 Å². The normalized spacial score (nSPS) is 8.47. The number of hydrogen-bond donors (Lipinski definition) is 0. The zero-order valence-electron chi connectivity index (χ0n) is 11.7. The summed E-state index contributed by atoms with van der Waals surface area (Å²) in [5, 5.41) is 0. The summed E-state index contributed by atoms with van der Waals surface area (Å²) in [7, 11) is 0. The molecule has 0 saturated carbocycles. The topological polar surface area (TPSA) is 9.23 Å². The first kappa shape index (κ1) is 20.6. The zero-order valence-corrected chi connectivity index (χ0v) is 11.7. The largest absolute Gasteiger partial charge is 0.459 e. The summed E-state index contributed by atoms with van der Waals surface area (Å²) < 4.78 is 5.20. The van der Waals surface area contributed by atoms with Crippen LogP contribution in [0.25, 0.3) is 0 Å². The van der Waals surface area contributed by atoms with Gasteiger partial charge in [-0.1, -0.05) is 78.3 Å². The lowest BCUT2D eigenvalue weighted by atomic mass is 10.4. The van der Waals surface area contributed by atoms with Gasteiger partial charge in [-0.15, -0.1) is 0 Å². The molecule has 0 aliphatic carbocycles. The van der Waals surface area contributed by atoms with Gasteiger partial charge in [0, 0.05) is 0 Å². The lowest BCUT2D eigenvalue weighted by Gasteiger charge is -2.02. The summed E-state index contributed by atoms with van der Waals surface area (Å²) in [6, 6.07) is 0. The van der Waals surface area contributed by atoms with Crippen molar-refractivity contribution in [1.29, 1.82) is 0 Å². The van der Waals surface area contributed by atoms with Gasteiger partial charge in [0.05, 0.1) is 0 Å². The molecule has 0 amide bonds. The Bertz CT molecular complexity index is 239. The Morgan fingerprint density at radius 2 is 1.06 bits per heavy atom. The molecule has 0 saturated heterocycles. The Morgan fingerprint density at radius 1 is 0.765 bits per heavy atom. The third-order valence-electron chi connectivity index (χ3n) is 1.10. The van der Waals surface area contributed by atoms with E-state index in [1.807, 2.05) is 27.7 Å². The highest BCUT2D eigenvalue weighted by molar-refractivity contribution is 5.19. The Labute approximate surface area is 107 Å². The van der Waals surface area contributed by atoms with Crippen LogP contribution in [0.4, 0.5) is 0 Å². The molecule has 0 aliphatic heterocycles. The van der Waals surface area contributed by atoms with E-state index in [2.05, 4.69) is 26.3 Å². The average Bonchev–Trinajstić information content (AvgIpc) is 2.38. The second-order valence-corrected chi connectivity index (χ2v) is 2.22. The van der Waals surface area contributed by atoms with Crippen molar-refractivity contribution < 1.29 is 4.74 Å². The van der Waals surface area contributed by atoms with E-state index in [0.717, 1.165) is 0 Å². The predicted octanol–water partition coefficient (Wildman–Crippen LogP) is 5.57. The molecule has 0 aliphatic rings. The van der Waals surface area contributed by atoms with Gasteiger partial charge in [0.2, 0.25) is 0 Å². The lowest BCUT2D eigenvalue weighted by Crippen LogP contribution is -1.84. The molecular formula is C16H26O. The quantitative estimate of drug-likeness (QED) is 0.431. The standard InChI is InChI=1S/C12H14O.2C2H6/c1-5-7-9-11(3)13-12(4)10-8-6-2;2*1-2/h5-10H,1-4H2;2*1-2H3/b9-7-,10-8-;;. The molecule has 0 atom stereocenters. The van der Waals surface area contributed by atoms with E-state index in [1.54, 1.807) is 36.5 Å². The molecule has 1 heteroatoms. The molecule has 0 bridgehead atoms. The van der Waals surface area contributed by atoms with Crippen LogP contribution in [-0.4, -0.2) is 0 Å². The van der Waals surface area contributed by atoms with Crippen LogP contribution in [-0.2, 0) is 4.74 Å². The molecule has 0 aromatic rings. The van der Waals surface area contributed by atoms with Crippen molar-refractivity contribution in [3.63, 3.8) is 0 Å². The van der Waals surface area contributed by atoms with Gasteiger partial charge in [-0.05, 0) is 12.2 Å². The smallest absolute Gasteiger partial charge is 0.120 e. The maximum Gasteiger partial charge on any atom is 0.120 e. The lowest BCUT2D eigenvalue weighted by molar-refractivity contribution is 0.340. The van der Waals surface area contributed by atoms with E-state index in [0.29, 0.717) is 11.5 Å². The van der Waals surface area contributed by atoms with Crippen LogP contribution in [0.15, 0.2) is 74.3 Å². The maximum absolute atomic E-state index is 5.20. The minimum atomic E-state index is 0.526. The van der Waals surface area contributed by atoms with Gasteiger partial charge in [0.1, 0.15) is 11.5 Å². The Kier molecular flexibility index (Phi) is 24.0. The highest BCUT2D eigenvalue weighted by Crippen LogP contribution is 2.05. The third kappa shape index (κ3) is 20.3. The first-order valence-corrected chi connectivity index (χ1v) is 5.84. The van der Waals surface area contributed by atoms with Gasteiger partial charge in [-0.2, -0.15) is 0 Å². The van der Waals surface area contributed by atoms with Crippen molar-refractivity contribution in [1.82, 2.24) is 0 Å². The third-order valence-corrected chi connectivity index (χ3v) is 1.10. The minimum absolute atomic E-state index is 0.526. The molecule has 0 radical (unpaired) electrons. The fourth-order valence-electron chi connectivity index (χ4n) is 0.587. The molecule has 17 heavy (non-hydrogen) atoms. The van der Waals surface area contributed by atoms with Gasteiger partial charge in [-0.25, -0.2) is 0 Å². The van der Waals surface area contributed by atoms with Crippen molar-refractivity contribution >= 4 is 0 Å². The Balaban J connectivity index is -0.000000439. The van der Waals surface area contributed by atoms with Crippen LogP contribution in [0.5, 0.6) is 0 Å². The van der Waals surface area contributed by atoms with Gasteiger partial charge in [0.25, 0.3) is 0 Å². The molecular weight excluding hydrogens is 208 g/mol. The number of ether oxygens (including phenoxy) is 1. The van der Waals surface area contributed by atoms with Crippen molar-refractivity contribution in [2.45, 2.75) is 27.7 Å². The minimum Gasteiger partial charge on any atom is -0.459 e. The summed E-state index contributed by atoms with van der Waals surface area (Å²) in [5.74, 6) is 1.05. The molecule has 0 heterocycles.